The quantitative estimate of drug-likeness (QED) is 0.0194. The Morgan fingerprint density at radius 3 is 1.18 bits per heavy atom. The number of hydrogen-bond donors (Lipinski definition) is 4. The monoisotopic (exact) mass is 1020 g/mol. The number of nitrogens with one attached hydrogen (secondary N) is 2. The number of allylic oxidation sites excluding steroid dienone is 2. The normalized spacial score (nSPS) is 13.3. The third-order valence-electron chi connectivity index (χ3n) is 12.1. The molecule has 0 saturated carbocycles. The van der Waals surface area contributed by atoms with E-state index < -0.39 is 36.4 Å². The van der Waals surface area contributed by atoms with Gasteiger partial charge in [-0.3, -0.25) is 28.8 Å². The molecule has 0 aromatic heterocycles. The van der Waals surface area contributed by atoms with Crippen molar-refractivity contribution in [2.75, 3.05) is 67.6 Å². The summed E-state index contributed by atoms with van der Waals surface area (Å²) in [5.74, 6) is -1.46. The molecule has 0 saturated heterocycles. The number of aliphatic hydroxyl groups is 2. The Morgan fingerprint density at radius 1 is 0.444 bits per heavy atom. The van der Waals surface area contributed by atoms with E-state index in [-0.39, 0.29) is 49.4 Å². The SMILES string of the molecule is CCCCCC(OC(=O)CCCC(=O)OCCN(C)C)C(O)C/C=C\CCCCCCCC(=O)NCCNC(=O)CCCCCCC/C=C/CC(O)C(CCCCC)OC(=O)CCCC(=O)OCCN(C)C. The molecule has 0 bridgehead atoms. The highest BCUT2D eigenvalue weighted by molar-refractivity contribution is 5.77. The zero-order chi connectivity index (χ0) is 53.5. The van der Waals surface area contributed by atoms with Crippen LogP contribution >= 0.6 is 0 Å². The molecule has 0 heterocycles. The van der Waals surface area contributed by atoms with Gasteiger partial charge in [0.25, 0.3) is 0 Å². The van der Waals surface area contributed by atoms with Crippen molar-refractivity contribution in [3.63, 3.8) is 0 Å². The Morgan fingerprint density at radius 2 is 0.806 bits per heavy atom. The second-order valence-electron chi connectivity index (χ2n) is 19.7. The van der Waals surface area contributed by atoms with Crippen molar-refractivity contribution in [3.05, 3.63) is 24.3 Å². The van der Waals surface area contributed by atoms with Crippen LogP contribution in [0.1, 0.15) is 206 Å². The number of likely N-dealkylation sites (N-methyl/N-ethyl adjacent to an activating group) is 2. The molecule has 0 aliphatic carbocycles. The number of ether oxygens (including phenoxy) is 4. The smallest absolute Gasteiger partial charge is 0.306 e. The molecule has 16 nitrogen and oxygen atoms in total. The molecule has 418 valence electrons. The third kappa shape index (κ3) is 44.8. The lowest BCUT2D eigenvalue weighted by Gasteiger charge is -2.22. The van der Waals surface area contributed by atoms with E-state index >= 15 is 0 Å². The fourth-order valence-electron chi connectivity index (χ4n) is 7.64. The number of unbranched alkanes of at least 4 members (excludes halogenated alkanes) is 14. The van der Waals surface area contributed by atoms with Crippen LogP contribution in [-0.2, 0) is 47.7 Å². The van der Waals surface area contributed by atoms with E-state index in [0.29, 0.717) is 90.8 Å². The molecule has 0 aliphatic rings. The first-order valence-electron chi connectivity index (χ1n) is 27.9. The zero-order valence-corrected chi connectivity index (χ0v) is 45.9. The van der Waals surface area contributed by atoms with E-state index in [1.807, 2.05) is 50.1 Å². The molecule has 0 spiro atoms. The topological polar surface area (TPSA) is 210 Å². The lowest BCUT2D eigenvalue weighted by atomic mass is 10.0. The first-order chi connectivity index (χ1) is 34.7. The number of rotatable bonds is 49. The maximum atomic E-state index is 12.5. The van der Waals surface area contributed by atoms with Crippen LogP contribution in [0.15, 0.2) is 24.3 Å². The number of hydrogen-bond acceptors (Lipinski definition) is 14. The molecule has 72 heavy (non-hydrogen) atoms. The standard InChI is InChI=1S/C56H102N4O12/c1-7-9-23-33-49(71-55(67)39-29-37-53(65)69-45-43-59(3)4)47(61)31-25-19-15-11-13-17-21-27-35-51(63)57-41-42-58-52(64)36-28-22-18-14-12-16-20-26-32-48(62)50(34-24-10-8-2)72-56(68)40-30-38-54(66)70-46-44-60(5)6/h19-20,25-26,47-50,61-62H,7-18,21-24,27-46H2,1-6H3,(H,57,63)(H,58,64)/b25-19-,26-20+. The van der Waals surface area contributed by atoms with Gasteiger partial charge >= 0.3 is 23.9 Å². The van der Waals surface area contributed by atoms with Crippen molar-refractivity contribution >= 4 is 35.7 Å². The van der Waals surface area contributed by atoms with Crippen molar-refractivity contribution < 1.29 is 57.9 Å². The lowest BCUT2D eigenvalue weighted by Crippen LogP contribution is -2.34. The van der Waals surface area contributed by atoms with Gasteiger partial charge in [0.2, 0.25) is 11.8 Å². The fraction of sp³-hybridized carbons (Fsp3) is 0.821. The molecule has 16 heteroatoms. The van der Waals surface area contributed by atoms with Crippen LogP contribution < -0.4 is 10.6 Å². The third-order valence-corrected chi connectivity index (χ3v) is 12.1. The first kappa shape index (κ1) is 68.1. The molecule has 0 aromatic carbocycles. The Kier molecular flexibility index (Phi) is 45.5. The van der Waals surface area contributed by atoms with Crippen molar-refractivity contribution in [1.29, 1.82) is 0 Å². The zero-order valence-electron chi connectivity index (χ0n) is 45.9. The summed E-state index contributed by atoms with van der Waals surface area (Å²) >= 11 is 0. The van der Waals surface area contributed by atoms with Crippen molar-refractivity contribution in [1.82, 2.24) is 20.4 Å². The molecule has 4 N–H and O–H groups in total. The molecule has 4 unspecified atom stereocenters. The van der Waals surface area contributed by atoms with Gasteiger partial charge in [0, 0.05) is 64.7 Å². The molecule has 0 aliphatic heterocycles. The average Bonchev–Trinajstić information content (AvgIpc) is 3.33. The second kappa shape index (κ2) is 48.1. The van der Waals surface area contributed by atoms with Gasteiger partial charge in [0.15, 0.2) is 0 Å². The molecule has 0 rings (SSSR count). The minimum atomic E-state index is -0.783. The Labute approximate surface area is 435 Å². The molecule has 0 aromatic rings. The van der Waals surface area contributed by atoms with Crippen LogP contribution in [0.4, 0.5) is 0 Å². The van der Waals surface area contributed by atoms with E-state index in [0.717, 1.165) is 116 Å². The highest BCUT2D eigenvalue weighted by Gasteiger charge is 2.24. The van der Waals surface area contributed by atoms with Gasteiger partial charge in [-0.1, -0.05) is 102 Å². The largest absolute Gasteiger partial charge is 0.464 e. The van der Waals surface area contributed by atoms with E-state index in [1.54, 1.807) is 0 Å². The van der Waals surface area contributed by atoms with Crippen molar-refractivity contribution in [2.45, 2.75) is 231 Å². The van der Waals surface area contributed by atoms with E-state index in [1.165, 1.54) is 0 Å². The van der Waals surface area contributed by atoms with Gasteiger partial charge < -0.3 is 49.6 Å². The van der Waals surface area contributed by atoms with Crippen LogP contribution in [0.5, 0.6) is 0 Å². The van der Waals surface area contributed by atoms with Gasteiger partial charge in [-0.15, -0.1) is 0 Å². The number of carbonyl (C=O) groups is 6. The molecule has 0 fully saturated rings. The predicted molar refractivity (Wildman–Crippen MR) is 285 cm³/mol. The number of aliphatic hydroxyl groups excluding tert-OH is 2. The fourth-order valence-corrected chi connectivity index (χ4v) is 7.64. The van der Waals surface area contributed by atoms with Crippen LogP contribution in [-0.4, -0.2) is 148 Å². The van der Waals surface area contributed by atoms with E-state index in [2.05, 4.69) is 36.6 Å². The number of esters is 4. The summed E-state index contributed by atoms with van der Waals surface area (Å²) in [5, 5.41) is 27.5. The summed E-state index contributed by atoms with van der Waals surface area (Å²) in [4.78, 5) is 77.2. The first-order valence-corrected chi connectivity index (χ1v) is 27.9. The van der Waals surface area contributed by atoms with E-state index in [4.69, 9.17) is 18.9 Å². The van der Waals surface area contributed by atoms with Crippen molar-refractivity contribution in [2.24, 2.45) is 0 Å². The Hall–Kier alpha value is -3.86. The number of amides is 2. The summed E-state index contributed by atoms with van der Waals surface area (Å²) in [6.07, 6.45) is 26.9. The van der Waals surface area contributed by atoms with Gasteiger partial charge in [0.05, 0.1) is 12.2 Å². The van der Waals surface area contributed by atoms with Gasteiger partial charge in [0.1, 0.15) is 25.4 Å². The van der Waals surface area contributed by atoms with Crippen molar-refractivity contribution in [3.8, 4) is 0 Å². The van der Waals surface area contributed by atoms with Gasteiger partial charge in [-0.2, -0.15) is 0 Å². The molecular weight excluding hydrogens is 921 g/mol. The molecular formula is C56H102N4O12. The van der Waals surface area contributed by atoms with Crippen LogP contribution in [0.25, 0.3) is 0 Å². The van der Waals surface area contributed by atoms with Crippen LogP contribution in [0, 0.1) is 0 Å². The van der Waals surface area contributed by atoms with Crippen LogP contribution in [0.3, 0.4) is 0 Å². The predicted octanol–water partition coefficient (Wildman–Crippen LogP) is 8.83. The average molecular weight is 1020 g/mol. The minimum Gasteiger partial charge on any atom is -0.464 e. The molecule has 0 radical (unpaired) electrons. The Balaban J connectivity index is 4.05. The van der Waals surface area contributed by atoms with Crippen LogP contribution in [0.2, 0.25) is 0 Å². The lowest BCUT2D eigenvalue weighted by molar-refractivity contribution is -0.157. The number of nitrogens with zero attached hydrogens (tertiary/aromatic N) is 2. The second-order valence-corrected chi connectivity index (χ2v) is 19.7. The minimum absolute atomic E-state index is 0.00125. The summed E-state index contributed by atoms with van der Waals surface area (Å²) in [5.41, 5.74) is 0. The summed E-state index contributed by atoms with van der Waals surface area (Å²) in [6, 6.07) is 0. The maximum Gasteiger partial charge on any atom is 0.306 e. The highest BCUT2D eigenvalue weighted by Crippen LogP contribution is 2.18. The summed E-state index contributed by atoms with van der Waals surface area (Å²) in [6.45, 7) is 6.96. The maximum absolute atomic E-state index is 12.5. The number of carbonyl (C=O) groups excluding carboxylic acids is 6. The molecule has 2 amide bonds. The van der Waals surface area contributed by atoms with Gasteiger partial charge in [-0.25, -0.2) is 0 Å². The summed E-state index contributed by atoms with van der Waals surface area (Å²) in [7, 11) is 7.61. The summed E-state index contributed by atoms with van der Waals surface area (Å²) < 4.78 is 21.7. The van der Waals surface area contributed by atoms with Gasteiger partial charge in [-0.05, 0) is 118 Å². The molecule has 4 atom stereocenters. The Bertz CT molecular complexity index is 1350. The highest BCUT2D eigenvalue weighted by atomic mass is 16.6. The van der Waals surface area contributed by atoms with E-state index in [9.17, 15) is 39.0 Å².